The molecule has 22 heavy (non-hydrogen) atoms. The topological polar surface area (TPSA) is 39.7 Å². The Morgan fingerprint density at radius 2 is 1.95 bits per heavy atom. The van der Waals surface area contributed by atoms with Crippen LogP contribution in [0.15, 0.2) is 35.3 Å². The lowest BCUT2D eigenvalue weighted by Crippen LogP contribution is -2.39. The van der Waals surface area contributed by atoms with Crippen LogP contribution in [0.1, 0.15) is 24.8 Å². The molecule has 0 saturated heterocycles. The van der Waals surface area contributed by atoms with Crippen LogP contribution in [0.5, 0.6) is 0 Å². The van der Waals surface area contributed by atoms with Gasteiger partial charge in [-0.1, -0.05) is 30.3 Å². The third kappa shape index (κ3) is 7.98. The van der Waals surface area contributed by atoms with Crippen LogP contribution in [-0.4, -0.2) is 44.6 Å². The molecule has 4 nitrogen and oxygen atoms in total. The van der Waals surface area contributed by atoms with Crippen molar-refractivity contribution in [3.8, 4) is 0 Å². The van der Waals surface area contributed by atoms with E-state index in [9.17, 15) is 0 Å². The maximum atomic E-state index is 4.25. The maximum absolute atomic E-state index is 4.25. The first kappa shape index (κ1) is 19.2. The van der Waals surface area contributed by atoms with Gasteiger partial charge in [-0.2, -0.15) is 0 Å². The van der Waals surface area contributed by atoms with Gasteiger partial charge in [0.1, 0.15) is 0 Å². The van der Waals surface area contributed by atoms with E-state index >= 15 is 0 Å². The fraction of sp³-hybridized carbons (Fsp3) is 0.588. The lowest BCUT2D eigenvalue weighted by molar-refractivity contribution is 0.322. The number of benzene rings is 1. The molecule has 1 saturated carbocycles. The second-order valence-corrected chi connectivity index (χ2v) is 5.90. The highest BCUT2D eigenvalue weighted by molar-refractivity contribution is 14.0. The van der Waals surface area contributed by atoms with E-state index in [-0.39, 0.29) is 24.0 Å². The molecule has 124 valence electrons. The van der Waals surface area contributed by atoms with Gasteiger partial charge in [-0.15, -0.1) is 24.0 Å². The fourth-order valence-electron chi connectivity index (χ4n) is 2.31. The standard InChI is InChI=1S/C17H28N4.HI/c1-18-17(20-13-15-9-10-15)19-11-6-12-21(2)14-16-7-4-3-5-8-16;/h3-5,7-8,15H,6,9-14H2,1-2H3,(H2,18,19,20);1H. The summed E-state index contributed by atoms with van der Waals surface area (Å²) in [5.74, 6) is 1.81. The molecule has 1 aliphatic carbocycles. The van der Waals surface area contributed by atoms with Gasteiger partial charge in [0.2, 0.25) is 0 Å². The summed E-state index contributed by atoms with van der Waals surface area (Å²) in [5, 5.41) is 6.77. The molecule has 0 amide bonds. The van der Waals surface area contributed by atoms with Crippen molar-refractivity contribution in [2.75, 3.05) is 33.7 Å². The van der Waals surface area contributed by atoms with Crippen molar-refractivity contribution in [2.24, 2.45) is 10.9 Å². The molecular formula is C17H29IN4. The quantitative estimate of drug-likeness (QED) is 0.296. The minimum atomic E-state index is 0. The highest BCUT2D eigenvalue weighted by Gasteiger charge is 2.20. The Morgan fingerprint density at radius 3 is 2.59 bits per heavy atom. The van der Waals surface area contributed by atoms with E-state index in [0.29, 0.717) is 0 Å². The van der Waals surface area contributed by atoms with Gasteiger partial charge < -0.3 is 15.5 Å². The Bertz CT molecular complexity index is 432. The van der Waals surface area contributed by atoms with Crippen LogP contribution in [0.3, 0.4) is 0 Å². The summed E-state index contributed by atoms with van der Waals surface area (Å²) in [7, 11) is 4.01. The maximum Gasteiger partial charge on any atom is 0.190 e. The average Bonchev–Trinajstić information content (AvgIpc) is 3.32. The monoisotopic (exact) mass is 416 g/mol. The number of hydrogen-bond donors (Lipinski definition) is 2. The molecule has 1 aromatic rings. The molecule has 0 bridgehead atoms. The number of nitrogens with zero attached hydrogens (tertiary/aromatic N) is 2. The Labute approximate surface area is 151 Å². The van der Waals surface area contributed by atoms with Gasteiger partial charge in [-0.25, -0.2) is 0 Å². The van der Waals surface area contributed by atoms with E-state index in [2.05, 4.69) is 57.9 Å². The smallest absolute Gasteiger partial charge is 0.190 e. The summed E-state index contributed by atoms with van der Waals surface area (Å²) in [5.41, 5.74) is 1.37. The summed E-state index contributed by atoms with van der Waals surface area (Å²) < 4.78 is 0. The summed E-state index contributed by atoms with van der Waals surface area (Å²) >= 11 is 0. The van der Waals surface area contributed by atoms with E-state index in [1.165, 1.54) is 18.4 Å². The summed E-state index contributed by atoms with van der Waals surface area (Å²) in [6.45, 7) is 4.12. The summed E-state index contributed by atoms with van der Waals surface area (Å²) in [6, 6.07) is 10.6. The van der Waals surface area contributed by atoms with Crippen LogP contribution < -0.4 is 10.6 Å². The molecule has 0 spiro atoms. The zero-order valence-electron chi connectivity index (χ0n) is 13.7. The first-order chi connectivity index (χ1) is 10.3. The predicted molar refractivity (Wildman–Crippen MR) is 105 cm³/mol. The van der Waals surface area contributed by atoms with Crippen molar-refractivity contribution in [3.63, 3.8) is 0 Å². The minimum absolute atomic E-state index is 0. The van der Waals surface area contributed by atoms with E-state index < -0.39 is 0 Å². The van der Waals surface area contributed by atoms with Crippen LogP contribution in [0.4, 0.5) is 0 Å². The first-order valence-electron chi connectivity index (χ1n) is 7.95. The SMILES string of the molecule is CN=C(NCCCN(C)Cc1ccccc1)NCC1CC1.I. The van der Waals surface area contributed by atoms with Crippen molar-refractivity contribution in [1.29, 1.82) is 0 Å². The van der Waals surface area contributed by atoms with Gasteiger partial charge in [0.05, 0.1) is 0 Å². The van der Waals surface area contributed by atoms with Gasteiger partial charge in [0.25, 0.3) is 0 Å². The van der Waals surface area contributed by atoms with Gasteiger partial charge in [0.15, 0.2) is 5.96 Å². The summed E-state index contributed by atoms with van der Waals surface area (Å²) in [6.07, 6.45) is 3.86. The second kappa shape index (κ2) is 10.8. The van der Waals surface area contributed by atoms with Gasteiger partial charge in [-0.05, 0) is 44.3 Å². The normalized spacial score (nSPS) is 14.6. The van der Waals surface area contributed by atoms with E-state index in [0.717, 1.165) is 44.5 Å². The molecular weight excluding hydrogens is 387 g/mol. The lowest BCUT2D eigenvalue weighted by Gasteiger charge is -2.17. The van der Waals surface area contributed by atoms with Crippen molar-refractivity contribution in [2.45, 2.75) is 25.8 Å². The number of guanidine groups is 1. The van der Waals surface area contributed by atoms with Gasteiger partial charge in [-0.3, -0.25) is 4.99 Å². The molecule has 1 aliphatic rings. The molecule has 0 unspecified atom stereocenters. The molecule has 0 aliphatic heterocycles. The third-order valence-corrected chi connectivity index (χ3v) is 3.78. The van der Waals surface area contributed by atoms with Crippen molar-refractivity contribution in [1.82, 2.24) is 15.5 Å². The number of nitrogens with one attached hydrogen (secondary N) is 2. The van der Waals surface area contributed by atoms with Crippen LogP contribution in [-0.2, 0) is 6.54 Å². The first-order valence-corrected chi connectivity index (χ1v) is 7.95. The molecule has 1 aromatic carbocycles. The Hall–Kier alpha value is -0.820. The van der Waals surface area contributed by atoms with Gasteiger partial charge >= 0.3 is 0 Å². The Balaban J connectivity index is 0.00000242. The summed E-state index contributed by atoms with van der Waals surface area (Å²) in [4.78, 5) is 6.61. The van der Waals surface area contributed by atoms with Crippen molar-refractivity contribution < 1.29 is 0 Å². The van der Waals surface area contributed by atoms with E-state index in [4.69, 9.17) is 0 Å². The highest BCUT2D eigenvalue weighted by atomic mass is 127. The number of rotatable bonds is 8. The number of aliphatic imine (C=N–C) groups is 1. The minimum Gasteiger partial charge on any atom is -0.356 e. The van der Waals surface area contributed by atoms with Gasteiger partial charge in [0, 0.05) is 26.7 Å². The average molecular weight is 416 g/mol. The molecule has 0 aromatic heterocycles. The zero-order chi connectivity index (χ0) is 14.9. The third-order valence-electron chi connectivity index (χ3n) is 3.78. The molecule has 5 heteroatoms. The fourth-order valence-corrected chi connectivity index (χ4v) is 2.31. The number of halogens is 1. The second-order valence-electron chi connectivity index (χ2n) is 5.90. The molecule has 0 atom stereocenters. The van der Waals surface area contributed by atoms with Crippen molar-refractivity contribution in [3.05, 3.63) is 35.9 Å². The highest BCUT2D eigenvalue weighted by Crippen LogP contribution is 2.27. The Morgan fingerprint density at radius 1 is 1.23 bits per heavy atom. The Kier molecular flexibility index (Phi) is 9.47. The van der Waals surface area contributed by atoms with Crippen LogP contribution in [0, 0.1) is 5.92 Å². The zero-order valence-corrected chi connectivity index (χ0v) is 16.0. The molecule has 2 N–H and O–H groups in total. The van der Waals surface area contributed by atoms with Crippen LogP contribution in [0.25, 0.3) is 0 Å². The lowest BCUT2D eigenvalue weighted by atomic mass is 10.2. The van der Waals surface area contributed by atoms with Crippen molar-refractivity contribution >= 4 is 29.9 Å². The predicted octanol–water partition coefficient (Wildman–Crippen LogP) is 2.70. The molecule has 2 rings (SSSR count). The largest absolute Gasteiger partial charge is 0.356 e. The van der Waals surface area contributed by atoms with E-state index in [1.54, 1.807) is 0 Å². The number of hydrogen-bond acceptors (Lipinski definition) is 2. The molecule has 1 fully saturated rings. The molecule has 0 radical (unpaired) electrons. The van der Waals surface area contributed by atoms with E-state index in [1.807, 2.05) is 7.05 Å². The molecule has 0 heterocycles. The van der Waals surface area contributed by atoms with Crippen LogP contribution >= 0.6 is 24.0 Å². The van der Waals surface area contributed by atoms with Crippen LogP contribution in [0.2, 0.25) is 0 Å².